The van der Waals surface area contributed by atoms with E-state index < -0.39 is 5.41 Å². The van der Waals surface area contributed by atoms with Crippen molar-refractivity contribution in [3.63, 3.8) is 0 Å². The molecule has 0 aliphatic carbocycles. The number of carbonyl (C=O) groups is 1. The fraction of sp³-hybridized carbons (Fsp3) is 0.219. The topological polar surface area (TPSA) is 32.8 Å². The molecule has 0 amide bonds. The first-order valence-electron chi connectivity index (χ1n) is 12.4. The number of para-hydroxylation sites is 1. The Hall–Kier alpha value is -3.76. The number of anilines is 2. The Morgan fingerprint density at radius 3 is 1.86 bits per heavy atom. The number of fused-ring (bicyclic) bond motifs is 1. The molecule has 5 heteroatoms. The summed E-state index contributed by atoms with van der Waals surface area (Å²) in [6, 6.07) is 32.5. The van der Waals surface area contributed by atoms with Crippen LogP contribution in [0.4, 0.5) is 11.4 Å². The summed E-state index contributed by atoms with van der Waals surface area (Å²) >= 11 is 6.39. The first kappa shape index (κ1) is 24.9. The molecule has 37 heavy (non-hydrogen) atoms. The van der Waals surface area contributed by atoms with Crippen molar-refractivity contribution in [3.8, 4) is 5.75 Å². The lowest BCUT2D eigenvalue weighted by molar-refractivity contribution is -0.138. The molecule has 0 saturated carbocycles. The van der Waals surface area contributed by atoms with Gasteiger partial charge in [-0.25, -0.2) is 0 Å². The van der Waals surface area contributed by atoms with Gasteiger partial charge in [0.2, 0.25) is 0 Å². The Balaban J connectivity index is 1.76. The number of hydrogen-bond donors (Lipinski definition) is 0. The molecule has 1 heterocycles. The first-order valence-corrected chi connectivity index (χ1v) is 12.8. The molecule has 0 N–H and O–H groups in total. The molecule has 0 fully saturated rings. The molecular formula is C32H31ClN2O2. The summed E-state index contributed by atoms with van der Waals surface area (Å²) in [5.74, 6) is 0.0939. The van der Waals surface area contributed by atoms with Crippen LogP contribution >= 0.6 is 11.6 Å². The molecule has 4 aromatic carbocycles. The number of hydrogen-bond acceptors (Lipinski definition) is 4. The molecule has 1 aliphatic heterocycles. The van der Waals surface area contributed by atoms with Crippen LogP contribution in [-0.2, 0) is 16.6 Å². The van der Waals surface area contributed by atoms with Crippen LogP contribution in [0.5, 0.6) is 5.75 Å². The van der Waals surface area contributed by atoms with Gasteiger partial charge in [-0.15, -0.1) is 0 Å². The van der Waals surface area contributed by atoms with Crippen molar-refractivity contribution >= 4 is 28.9 Å². The van der Waals surface area contributed by atoms with Gasteiger partial charge in [0.1, 0.15) is 11.2 Å². The molecule has 1 aliphatic rings. The van der Waals surface area contributed by atoms with E-state index in [1.807, 2.05) is 76.7 Å². The third kappa shape index (κ3) is 4.58. The van der Waals surface area contributed by atoms with Gasteiger partial charge >= 0.3 is 5.97 Å². The maximum Gasteiger partial charge on any atom is 0.323 e. The highest BCUT2D eigenvalue weighted by Gasteiger charge is 2.55. The molecule has 0 unspecified atom stereocenters. The van der Waals surface area contributed by atoms with E-state index in [2.05, 4.69) is 58.3 Å². The van der Waals surface area contributed by atoms with Gasteiger partial charge < -0.3 is 14.5 Å². The van der Waals surface area contributed by atoms with Gasteiger partial charge in [0.25, 0.3) is 0 Å². The van der Waals surface area contributed by atoms with Crippen LogP contribution in [0.1, 0.15) is 28.2 Å². The summed E-state index contributed by atoms with van der Waals surface area (Å²) in [5.41, 5.74) is 5.23. The molecule has 0 radical (unpaired) electrons. The SMILES string of the molecule is CN(C)c1ccc(C(c2ccc(N(C)C)cc2)[C@]2(Cc3cccc(Cl)c3)C(=O)Oc3ccccc32)cc1. The minimum Gasteiger partial charge on any atom is -0.426 e. The Morgan fingerprint density at radius 2 is 1.32 bits per heavy atom. The molecule has 0 bridgehead atoms. The van der Waals surface area contributed by atoms with Gasteiger partial charge in [0.05, 0.1) is 0 Å². The van der Waals surface area contributed by atoms with Crippen LogP contribution in [0, 0.1) is 0 Å². The second-order valence-corrected chi connectivity index (χ2v) is 10.5. The number of nitrogens with zero attached hydrogens (tertiary/aromatic N) is 2. The van der Waals surface area contributed by atoms with Crippen LogP contribution in [0.3, 0.4) is 0 Å². The van der Waals surface area contributed by atoms with E-state index in [1.54, 1.807) is 0 Å². The van der Waals surface area contributed by atoms with E-state index in [-0.39, 0.29) is 11.9 Å². The van der Waals surface area contributed by atoms with Gasteiger partial charge in [-0.05, 0) is 65.6 Å². The molecule has 0 spiro atoms. The Kier molecular flexibility index (Phi) is 6.70. The molecule has 4 nitrogen and oxygen atoms in total. The summed E-state index contributed by atoms with van der Waals surface area (Å²) in [7, 11) is 8.10. The number of rotatable bonds is 7. The third-order valence-corrected chi connectivity index (χ3v) is 7.52. The highest BCUT2D eigenvalue weighted by atomic mass is 35.5. The molecule has 4 aromatic rings. The van der Waals surface area contributed by atoms with Crippen LogP contribution in [0.15, 0.2) is 97.1 Å². The van der Waals surface area contributed by atoms with Crippen molar-refractivity contribution in [2.24, 2.45) is 0 Å². The van der Waals surface area contributed by atoms with Gasteiger partial charge in [-0.3, -0.25) is 4.79 Å². The second-order valence-electron chi connectivity index (χ2n) is 10.1. The zero-order chi connectivity index (χ0) is 26.2. The molecular weight excluding hydrogens is 480 g/mol. The number of esters is 1. The van der Waals surface area contributed by atoms with Crippen LogP contribution in [0.25, 0.3) is 0 Å². The zero-order valence-electron chi connectivity index (χ0n) is 21.6. The molecule has 5 rings (SSSR count). The summed E-state index contributed by atoms with van der Waals surface area (Å²) < 4.78 is 5.98. The van der Waals surface area contributed by atoms with Gasteiger partial charge in [-0.2, -0.15) is 0 Å². The monoisotopic (exact) mass is 510 g/mol. The highest BCUT2D eigenvalue weighted by molar-refractivity contribution is 6.30. The lowest BCUT2D eigenvalue weighted by Crippen LogP contribution is -2.42. The third-order valence-electron chi connectivity index (χ3n) is 7.29. The molecule has 0 saturated heterocycles. The number of halogens is 1. The van der Waals surface area contributed by atoms with Crippen LogP contribution in [0.2, 0.25) is 5.02 Å². The second kappa shape index (κ2) is 9.95. The summed E-state index contributed by atoms with van der Waals surface area (Å²) in [5, 5.41) is 0.648. The average molecular weight is 511 g/mol. The van der Waals surface area contributed by atoms with Crippen molar-refractivity contribution < 1.29 is 9.53 Å². The fourth-order valence-corrected chi connectivity index (χ4v) is 5.64. The quantitative estimate of drug-likeness (QED) is 0.204. The largest absolute Gasteiger partial charge is 0.426 e. The maximum atomic E-state index is 14.1. The van der Waals surface area contributed by atoms with Crippen molar-refractivity contribution in [1.29, 1.82) is 0 Å². The van der Waals surface area contributed by atoms with Crippen molar-refractivity contribution in [2.45, 2.75) is 17.8 Å². The summed E-state index contributed by atoms with van der Waals surface area (Å²) in [4.78, 5) is 18.3. The van der Waals surface area contributed by atoms with Crippen LogP contribution in [-0.4, -0.2) is 34.2 Å². The predicted molar refractivity (Wildman–Crippen MR) is 152 cm³/mol. The lowest BCUT2D eigenvalue weighted by Gasteiger charge is -2.36. The number of carbonyl (C=O) groups excluding carboxylic acids is 1. The standard InChI is InChI=1S/C32H31ClN2O2/c1-34(2)26-16-12-23(13-17-26)30(24-14-18-27(19-15-24)35(3)4)32(21-22-8-7-9-25(33)20-22)28-10-5-6-11-29(28)37-31(32)36/h5-20,30H,21H2,1-4H3/t32-/m1/s1. The first-order chi connectivity index (χ1) is 17.8. The predicted octanol–water partition coefficient (Wildman–Crippen LogP) is 6.70. The summed E-state index contributed by atoms with van der Waals surface area (Å²) in [6.45, 7) is 0. The van der Waals surface area contributed by atoms with Crippen molar-refractivity contribution in [3.05, 3.63) is 124 Å². The number of benzene rings is 4. The van der Waals surface area contributed by atoms with Gasteiger partial charge in [-0.1, -0.05) is 66.2 Å². The maximum absolute atomic E-state index is 14.1. The molecule has 188 valence electrons. The summed E-state index contributed by atoms with van der Waals surface area (Å²) in [6.07, 6.45) is 0.457. The minimum absolute atomic E-state index is 0.243. The fourth-order valence-electron chi connectivity index (χ4n) is 5.43. The van der Waals surface area contributed by atoms with E-state index in [4.69, 9.17) is 16.3 Å². The normalized spacial score (nSPS) is 16.4. The highest BCUT2D eigenvalue weighted by Crippen LogP contribution is 2.53. The lowest BCUT2D eigenvalue weighted by atomic mass is 9.63. The zero-order valence-corrected chi connectivity index (χ0v) is 22.4. The molecule has 0 aromatic heterocycles. The minimum atomic E-state index is -0.972. The smallest absolute Gasteiger partial charge is 0.323 e. The van der Waals surface area contributed by atoms with E-state index in [1.165, 1.54) is 0 Å². The van der Waals surface area contributed by atoms with Crippen LogP contribution < -0.4 is 14.5 Å². The van der Waals surface area contributed by atoms with E-state index in [9.17, 15) is 4.79 Å². The Morgan fingerprint density at radius 1 is 0.757 bits per heavy atom. The van der Waals surface area contributed by atoms with Gasteiger partial charge in [0, 0.05) is 56.1 Å². The van der Waals surface area contributed by atoms with E-state index >= 15 is 0 Å². The van der Waals surface area contributed by atoms with Crippen molar-refractivity contribution in [2.75, 3.05) is 38.0 Å². The van der Waals surface area contributed by atoms with Gasteiger partial charge in [0.15, 0.2) is 0 Å². The van der Waals surface area contributed by atoms with Crippen molar-refractivity contribution in [1.82, 2.24) is 0 Å². The Labute approximate surface area is 224 Å². The number of ether oxygens (including phenoxy) is 1. The average Bonchev–Trinajstić information content (AvgIpc) is 3.16. The van der Waals surface area contributed by atoms with E-state index in [0.29, 0.717) is 17.2 Å². The Bertz CT molecular complexity index is 1360. The van der Waals surface area contributed by atoms with E-state index in [0.717, 1.165) is 33.6 Å². The molecule has 1 atom stereocenters.